The lowest BCUT2D eigenvalue weighted by Crippen LogP contribution is -2.52. The number of amides is 1. The van der Waals surface area contributed by atoms with Gasteiger partial charge in [-0.1, -0.05) is 42.8 Å². The van der Waals surface area contributed by atoms with Crippen LogP contribution in [0.5, 0.6) is 5.75 Å². The molecule has 1 N–H and O–H groups in total. The minimum Gasteiger partial charge on any atom is -0.490 e. The fraction of sp³-hybridized carbons (Fsp3) is 0.474. The Morgan fingerprint density at radius 3 is 2.75 bits per heavy atom. The zero-order valence-electron chi connectivity index (χ0n) is 28.2. The number of hydrogen-bond acceptors (Lipinski definition) is 7. The number of benzene rings is 2. The highest BCUT2D eigenvalue weighted by Crippen LogP contribution is 2.52. The van der Waals surface area contributed by atoms with Gasteiger partial charge in [0.1, 0.15) is 11.4 Å². The maximum absolute atomic E-state index is 13.3. The molecule has 0 radical (unpaired) electrons. The Hall–Kier alpha value is -3.40. The van der Waals surface area contributed by atoms with Crippen LogP contribution in [0, 0.1) is 11.8 Å². The molecule has 1 saturated carbocycles. The van der Waals surface area contributed by atoms with Gasteiger partial charge in [-0.05, 0) is 106 Å². The second kappa shape index (κ2) is 13.8. The van der Waals surface area contributed by atoms with E-state index in [4.69, 9.17) is 21.1 Å². The maximum atomic E-state index is 13.3. The Kier molecular flexibility index (Phi) is 9.94. The number of sulfonamides is 1. The number of nitrogens with zero attached hydrogens (tertiary/aromatic N) is 2. The van der Waals surface area contributed by atoms with E-state index >= 15 is 0 Å². The molecule has 3 aromatic rings. The molecule has 1 amide bonds. The molecule has 3 aliphatic rings. The molecule has 2 aliphatic carbocycles. The first-order valence-corrected chi connectivity index (χ1v) is 18.9. The molecule has 0 unspecified atom stereocenters. The first-order valence-electron chi connectivity index (χ1n) is 17.0. The minimum atomic E-state index is -3.80. The highest BCUT2D eigenvalue weighted by atomic mass is 35.5. The van der Waals surface area contributed by atoms with Gasteiger partial charge in [-0.2, -0.15) is 0 Å². The lowest BCUT2D eigenvalue weighted by Gasteiger charge is -2.50. The Balaban J connectivity index is 1.41. The smallest absolute Gasteiger partial charge is 0.264 e. The van der Waals surface area contributed by atoms with Gasteiger partial charge in [0.2, 0.25) is 10.0 Å². The number of nitrogens with one attached hydrogen (secondary N) is 1. The first kappa shape index (κ1) is 34.5. The van der Waals surface area contributed by atoms with E-state index in [1.165, 1.54) is 11.1 Å². The number of pyridine rings is 1. The molecule has 10 heteroatoms. The van der Waals surface area contributed by atoms with E-state index in [0.717, 1.165) is 54.8 Å². The Morgan fingerprint density at radius 1 is 1.23 bits per heavy atom. The number of carbonyl (C=O) groups excluding carboxylic acids is 1. The molecule has 1 aliphatic heterocycles. The van der Waals surface area contributed by atoms with Crippen LogP contribution < -0.4 is 14.4 Å². The van der Waals surface area contributed by atoms with Crippen molar-refractivity contribution < 1.29 is 22.7 Å². The Morgan fingerprint density at radius 2 is 2.06 bits per heavy atom. The lowest BCUT2D eigenvalue weighted by molar-refractivity contribution is -0.0805. The lowest BCUT2D eigenvalue weighted by atomic mass is 9.62. The molecular weight excluding hydrogens is 646 g/mol. The molecule has 8 nitrogen and oxygen atoms in total. The van der Waals surface area contributed by atoms with Gasteiger partial charge in [-0.3, -0.25) is 9.78 Å². The largest absolute Gasteiger partial charge is 0.490 e. The molecule has 256 valence electrons. The Bertz CT molecular complexity index is 1780. The number of anilines is 1. The highest BCUT2D eigenvalue weighted by Gasteiger charge is 2.50. The summed E-state index contributed by atoms with van der Waals surface area (Å²) in [6, 6.07) is 15.5. The van der Waals surface area contributed by atoms with E-state index in [-0.39, 0.29) is 22.8 Å². The average Bonchev–Trinajstić information content (AvgIpc) is 3.21. The number of ether oxygens (including phenoxy) is 2. The van der Waals surface area contributed by atoms with Crippen LogP contribution in [0.2, 0.25) is 5.02 Å². The van der Waals surface area contributed by atoms with Crippen molar-refractivity contribution in [2.45, 2.75) is 75.6 Å². The summed E-state index contributed by atoms with van der Waals surface area (Å²) in [4.78, 5) is 20.1. The quantitative estimate of drug-likeness (QED) is 0.225. The van der Waals surface area contributed by atoms with Crippen molar-refractivity contribution in [3.63, 3.8) is 0 Å². The third kappa shape index (κ3) is 6.49. The van der Waals surface area contributed by atoms with E-state index in [1.54, 1.807) is 45.4 Å². The average molecular weight is 692 g/mol. The molecule has 2 heterocycles. The molecular formula is C38H46ClN3O5S. The standard InChI is InChI=1S/C38H46ClN3O5S/c1-5-6-18-38(46-4,30-10-8-19-40-22-30)33-14-11-29(33)23-42-24-37(17-7-9-27-20-31(39)13-15-32(27)37)25-47-35-16-12-28(21-34(35)42)36(43)41-48(44,45)26(2)3/h6,8,10,12-13,15-16,18-22,26,29,33H,5,7,9,11,14,17,23-25H2,1-4H3,(H,41,43)/b18-6+/t29-,33+,37-,38-/m0/s1. The number of aromatic nitrogens is 1. The molecule has 48 heavy (non-hydrogen) atoms. The van der Waals surface area contributed by atoms with E-state index in [0.29, 0.717) is 25.4 Å². The zero-order chi connectivity index (χ0) is 34.1. The van der Waals surface area contributed by atoms with Gasteiger partial charge in [0.05, 0.1) is 17.5 Å². The number of fused-ring (bicyclic) bond motifs is 3. The predicted molar refractivity (Wildman–Crippen MR) is 190 cm³/mol. The molecule has 2 aromatic carbocycles. The minimum absolute atomic E-state index is 0.193. The molecule has 0 bridgehead atoms. The summed E-state index contributed by atoms with van der Waals surface area (Å²) < 4.78 is 40.5. The van der Waals surface area contributed by atoms with Crippen LogP contribution >= 0.6 is 11.6 Å². The van der Waals surface area contributed by atoms with E-state index in [2.05, 4.69) is 51.9 Å². The number of hydrogen-bond donors (Lipinski definition) is 1. The van der Waals surface area contributed by atoms with Crippen LogP contribution in [0.3, 0.4) is 0 Å². The van der Waals surface area contributed by atoms with Gasteiger partial charge in [-0.15, -0.1) is 0 Å². The number of methoxy groups -OCH3 is 1. The van der Waals surface area contributed by atoms with Crippen molar-refractivity contribution >= 4 is 33.2 Å². The summed E-state index contributed by atoms with van der Waals surface area (Å²) in [7, 11) is -2.02. The van der Waals surface area contributed by atoms with Crippen LogP contribution in [-0.2, 0) is 32.2 Å². The van der Waals surface area contributed by atoms with Gasteiger partial charge in [0.15, 0.2) is 0 Å². The predicted octanol–water partition coefficient (Wildman–Crippen LogP) is 7.21. The summed E-state index contributed by atoms with van der Waals surface area (Å²) in [5.41, 5.74) is 3.70. The number of rotatable bonds is 10. The van der Waals surface area contributed by atoms with Gasteiger partial charge in [-0.25, -0.2) is 13.1 Å². The van der Waals surface area contributed by atoms with Gasteiger partial charge in [0.25, 0.3) is 5.91 Å². The molecule has 1 fully saturated rings. The third-order valence-electron chi connectivity index (χ3n) is 10.6. The van der Waals surface area contributed by atoms with Crippen molar-refractivity contribution in [3.8, 4) is 5.75 Å². The number of aryl methyl sites for hydroxylation is 1. The van der Waals surface area contributed by atoms with Crippen LogP contribution in [-0.4, -0.2) is 51.4 Å². The van der Waals surface area contributed by atoms with Gasteiger partial charge in [0, 0.05) is 60.1 Å². The first-order chi connectivity index (χ1) is 23.0. The number of allylic oxidation sites excluding steroid dienone is 1. The van der Waals surface area contributed by atoms with E-state index < -0.39 is 26.8 Å². The van der Waals surface area contributed by atoms with Crippen molar-refractivity contribution in [1.82, 2.24) is 9.71 Å². The normalized spacial score (nSPS) is 23.5. The van der Waals surface area contributed by atoms with Crippen molar-refractivity contribution in [2.75, 3.05) is 31.7 Å². The van der Waals surface area contributed by atoms with Crippen molar-refractivity contribution in [2.24, 2.45) is 11.8 Å². The molecule has 6 rings (SSSR count). The molecule has 1 spiro atoms. The fourth-order valence-corrected chi connectivity index (χ4v) is 8.66. The number of halogens is 1. The summed E-state index contributed by atoms with van der Waals surface area (Å²) in [5, 5.41) is -0.00347. The third-order valence-corrected chi connectivity index (χ3v) is 12.6. The fourth-order valence-electron chi connectivity index (χ4n) is 7.85. The van der Waals surface area contributed by atoms with Crippen LogP contribution in [0.15, 0.2) is 73.1 Å². The second-order valence-electron chi connectivity index (χ2n) is 13.8. The molecule has 1 aromatic heterocycles. The van der Waals surface area contributed by atoms with E-state index in [9.17, 15) is 13.2 Å². The topological polar surface area (TPSA) is 97.8 Å². The van der Waals surface area contributed by atoms with E-state index in [1.807, 2.05) is 18.3 Å². The monoisotopic (exact) mass is 691 g/mol. The summed E-state index contributed by atoms with van der Waals surface area (Å²) >= 11 is 6.46. The summed E-state index contributed by atoms with van der Waals surface area (Å²) in [6.45, 7) is 7.11. The number of carbonyl (C=O) groups is 1. The van der Waals surface area contributed by atoms with Crippen LogP contribution in [0.4, 0.5) is 5.69 Å². The van der Waals surface area contributed by atoms with Gasteiger partial charge < -0.3 is 14.4 Å². The Labute approximate surface area is 289 Å². The maximum Gasteiger partial charge on any atom is 0.264 e. The second-order valence-corrected chi connectivity index (χ2v) is 16.5. The summed E-state index contributed by atoms with van der Waals surface area (Å²) in [5.74, 6) is 0.493. The van der Waals surface area contributed by atoms with Crippen LogP contribution in [0.25, 0.3) is 0 Å². The highest BCUT2D eigenvalue weighted by molar-refractivity contribution is 7.90. The van der Waals surface area contributed by atoms with Crippen molar-refractivity contribution in [3.05, 3.63) is 100 Å². The zero-order valence-corrected chi connectivity index (χ0v) is 29.8. The van der Waals surface area contributed by atoms with Crippen molar-refractivity contribution in [1.29, 1.82) is 0 Å². The molecule has 0 saturated heterocycles. The van der Waals surface area contributed by atoms with Gasteiger partial charge >= 0.3 is 0 Å². The summed E-state index contributed by atoms with van der Waals surface area (Å²) in [6.07, 6.45) is 13.9. The SMILES string of the molecule is CC/C=C/[C@](OC)(c1cccnc1)[C@@H]1CC[C@H]1CN1C[C@@]2(CCCc3cc(Cl)ccc32)COc2ccc(C(=O)NS(=O)(=O)C(C)C)cc21. The molecule has 4 atom stereocenters. The van der Waals surface area contributed by atoms with Crippen LogP contribution in [0.1, 0.15) is 79.9 Å².